The van der Waals surface area contributed by atoms with Crippen LogP contribution in [0.25, 0.3) is 11.3 Å². The Hall–Kier alpha value is -3.36. The Morgan fingerprint density at radius 1 is 1.11 bits per heavy atom. The number of alkyl halides is 3. The van der Waals surface area contributed by atoms with Crippen molar-refractivity contribution in [2.24, 2.45) is 0 Å². The summed E-state index contributed by atoms with van der Waals surface area (Å²) in [5.41, 5.74) is 0.650. The van der Waals surface area contributed by atoms with Gasteiger partial charge in [-0.2, -0.15) is 13.2 Å². The van der Waals surface area contributed by atoms with Crippen molar-refractivity contribution in [1.29, 1.82) is 0 Å². The summed E-state index contributed by atoms with van der Waals surface area (Å²) < 4.78 is 60.1. The number of carbonyl (C=O) groups is 1. The molecule has 0 atom stereocenters. The summed E-state index contributed by atoms with van der Waals surface area (Å²) in [7, 11) is 0. The summed E-state index contributed by atoms with van der Waals surface area (Å²) in [5.74, 6) is -0.952. The first-order valence-corrected chi connectivity index (χ1v) is 8.10. The van der Waals surface area contributed by atoms with Gasteiger partial charge in [-0.25, -0.2) is 4.39 Å². The SMILES string of the molecule is O=C(NCc1cccc(OCC(F)(F)F)c1)c1cc(-c2ccccc2F)on1. The molecule has 28 heavy (non-hydrogen) atoms. The van der Waals surface area contributed by atoms with E-state index in [-0.39, 0.29) is 29.3 Å². The molecule has 3 aromatic rings. The first kappa shape index (κ1) is 19.4. The van der Waals surface area contributed by atoms with Crippen molar-refractivity contribution < 1.29 is 31.6 Å². The minimum atomic E-state index is -4.44. The molecule has 1 N–H and O–H groups in total. The molecule has 0 fully saturated rings. The minimum Gasteiger partial charge on any atom is -0.484 e. The van der Waals surface area contributed by atoms with Crippen molar-refractivity contribution in [2.75, 3.05) is 6.61 Å². The maximum atomic E-state index is 13.8. The van der Waals surface area contributed by atoms with E-state index in [9.17, 15) is 22.4 Å². The van der Waals surface area contributed by atoms with Gasteiger partial charge in [0.05, 0.1) is 5.56 Å². The lowest BCUT2D eigenvalue weighted by Crippen LogP contribution is -2.23. The quantitative estimate of drug-likeness (QED) is 0.632. The van der Waals surface area contributed by atoms with Gasteiger partial charge in [0.15, 0.2) is 18.1 Å². The van der Waals surface area contributed by atoms with Crippen LogP contribution >= 0.6 is 0 Å². The predicted octanol–water partition coefficient (Wildman–Crippen LogP) is 4.35. The molecule has 0 bridgehead atoms. The molecule has 0 saturated carbocycles. The molecule has 0 aliphatic rings. The van der Waals surface area contributed by atoms with E-state index in [1.165, 1.54) is 42.5 Å². The third kappa shape index (κ3) is 5.09. The fourth-order valence-electron chi connectivity index (χ4n) is 2.35. The Morgan fingerprint density at radius 3 is 2.64 bits per heavy atom. The molecule has 1 heterocycles. The molecular formula is C19H14F4N2O3. The van der Waals surface area contributed by atoms with Gasteiger partial charge in [0.25, 0.3) is 5.91 Å². The number of benzene rings is 2. The predicted molar refractivity (Wildman–Crippen MR) is 91.1 cm³/mol. The van der Waals surface area contributed by atoms with Gasteiger partial charge in [0.2, 0.25) is 0 Å². The number of carbonyl (C=O) groups excluding carboxylic acids is 1. The molecule has 1 amide bonds. The number of nitrogens with one attached hydrogen (secondary N) is 1. The second-order valence-electron chi connectivity index (χ2n) is 5.79. The zero-order chi connectivity index (χ0) is 20.1. The monoisotopic (exact) mass is 394 g/mol. The number of aromatic nitrogens is 1. The van der Waals surface area contributed by atoms with Gasteiger partial charge in [-0.1, -0.05) is 29.4 Å². The highest BCUT2D eigenvalue weighted by atomic mass is 19.4. The Balaban J connectivity index is 1.61. The molecule has 1 aromatic heterocycles. The van der Waals surface area contributed by atoms with Gasteiger partial charge in [0.1, 0.15) is 11.6 Å². The first-order valence-electron chi connectivity index (χ1n) is 8.10. The molecule has 0 spiro atoms. The van der Waals surface area contributed by atoms with Crippen LogP contribution in [0.15, 0.2) is 59.1 Å². The summed E-state index contributed by atoms with van der Waals surface area (Å²) in [6.07, 6.45) is -4.44. The van der Waals surface area contributed by atoms with Crippen LogP contribution in [0.5, 0.6) is 5.75 Å². The van der Waals surface area contributed by atoms with E-state index in [2.05, 4.69) is 15.2 Å². The van der Waals surface area contributed by atoms with Gasteiger partial charge in [-0.05, 0) is 29.8 Å². The van der Waals surface area contributed by atoms with E-state index in [4.69, 9.17) is 4.52 Å². The van der Waals surface area contributed by atoms with Crippen LogP contribution in [0.4, 0.5) is 17.6 Å². The van der Waals surface area contributed by atoms with E-state index in [1.807, 2.05) is 0 Å². The van der Waals surface area contributed by atoms with E-state index < -0.39 is 24.5 Å². The number of halogens is 4. The Morgan fingerprint density at radius 2 is 1.89 bits per heavy atom. The molecule has 0 aliphatic heterocycles. The number of ether oxygens (including phenoxy) is 1. The lowest BCUT2D eigenvalue weighted by atomic mass is 10.1. The topological polar surface area (TPSA) is 64.4 Å². The van der Waals surface area contributed by atoms with Crippen molar-refractivity contribution in [3.63, 3.8) is 0 Å². The highest BCUT2D eigenvalue weighted by molar-refractivity contribution is 5.93. The molecule has 146 valence electrons. The average Bonchev–Trinajstić information content (AvgIpc) is 3.15. The van der Waals surface area contributed by atoms with Crippen LogP contribution in [-0.2, 0) is 6.54 Å². The largest absolute Gasteiger partial charge is 0.484 e. The van der Waals surface area contributed by atoms with E-state index in [0.29, 0.717) is 5.56 Å². The first-order chi connectivity index (χ1) is 13.3. The van der Waals surface area contributed by atoms with E-state index in [0.717, 1.165) is 0 Å². The normalized spacial score (nSPS) is 11.3. The Labute approximate surface area is 156 Å². The molecule has 0 unspecified atom stereocenters. The smallest absolute Gasteiger partial charge is 0.422 e. The van der Waals surface area contributed by atoms with Crippen molar-refractivity contribution in [1.82, 2.24) is 10.5 Å². The summed E-state index contributed by atoms with van der Waals surface area (Å²) in [6.45, 7) is -1.37. The number of hydrogen-bond acceptors (Lipinski definition) is 4. The standard InChI is InChI=1S/C19H14F4N2O3/c20-15-7-2-1-6-14(15)17-9-16(25-28-17)18(26)24-10-12-4-3-5-13(8-12)27-11-19(21,22)23/h1-9H,10-11H2,(H,24,26). The van der Waals surface area contributed by atoms with Gasteiger partial charge in [-0.3, -0.25) is 4.79 Å². The molecular weight excluding hydrogens is 380 g/mol. The van der Waals surface area contributed by atoms with Crippen molar-refractivity contribution >= 4 is 5.91 Å². The Kier molecular flexibility index (Phi) is 5.62. The van der Waals surface area contributed by atoms with Gasteiger partial charge >= 0.3 is 6.18 Å². The maximum Gasteiger partial charge on any atom is 0.422 e. The van der Waals surface area contributed by atoms with Gasteiger partial charge < -0.3 is 14.6 Å². The zero-order valence-electron chi connectivity index (χ0n) is 14.3. The summed E-state index contributed by atoms with van der Waals surface area (Å²) in [6, 6.07) is 13.1. The molecule has 0 aliphatic carbocycles. The van der Waals surface area contributed by atoms with Crippen molar-refractivity contribution in [3.8, 4) is 17.1 Å². The van der Waals surface area contributed by atoms with Crippen LogP contribution in [-0.4, -0.2) is 23.8 Å². The summed E-state index contributed by atoms with van der Waals surface area (Å²) in [4.78, 5) is 12.2. The van der Waals surface area contributed by atoms with Crippen LogP contribution in [0.3, 0.4) is 0 Å². The summed E-state index contributed by atoms with van der Waals surface area (Å²) in [5, 5.41) is 6.18. The average molecular weight is 394 g/mol. The lowest BCUT2D eigenvalue weighted by Gasteiger charge is -2.10. The van der Waals surface area contributed by atoms with Gasteiger partial charge in [-0.15, -0.1) is 0 Å². The second kappa shape index (κ2) is 8.12. The third-order valence-corrected chi connectivity index (χ3v) is 3.64. The molecule has 0 radical (unpaired) electrons. The van der Waals surface area contributed by atoms with Crippen molar-refractivity contribution in [2.45, 2.75) is 12.7 Å². The molecule has 0 saturated heterocycles. The van der Waals surface area contributed by atoms with Crippen LogP contribution in [0.1, 0.15) is 16.1 Å². The number of rotatable bonds is 6. The Bertz CT molecular complexity index is 970. The lowest BCUT2D eigenvalue weighted by molar-refractivity contribution is -0.153. The van der Waals surface area contributed by atoms with Crippen LogP contribution < -0.4 is 10.1 Å². The summed E-state index contributed by atoms with van der Waals surface area (Å²) >= 11 is 0. The molecule has 3 rings (SSSR count). The van der Waals surface area contributed by atoms with Crippen LogP contribution in [0.2, 0.25) is 0 Å². The zero-order valence-corrected chi connectivity index (χ0v) is 14.3. The molecule has 9 heteroatoms. The highest BCUT2D eigenvalue weighted by Crippen LogP contribution is 2.23. The number of nitrogens with zero attached hydrogens (tertiary/aromatic N) is 1. The van der Waals surface area contributed by atoms with Gasteiger partial charge in [0, 0.05) is 12.6 Å². The van der Waals surface area contributed by atoms with Crippen molar-refractivity contribution in [3.05, 3.63) is 71.7 Å². The molecule has 5 nitrogen and oxygen atoms in total. The van der Waals surface area contributed by atoms with E-state index >= 15 is 0 Å². The number of hydrogen-bond donors (Lipinski definition) is 1. The number of amides is 1. The second-order valence-corrected chi connectivity index (χ2v) is 5.79. The fraction of sp³-hybridized carbons (Fsp3) is 0.158. The van der Waals surface area contributed by atoms with Crippen LogP contribution in [0, 0.1) is 5.82 Å². The minimum absolute atomic E-state index is 0.0317. The third-order valence-electron chi connectivity index (χ3n) is 3.64. The highest BCUT2D eigenvalue weighted by Gasteiger charge is 2.28. The molecule has 2 aromatic carbocycles. The maximum absolute atomic E-state index is 13.8. The van der Waals surface area contributed by atoms with E-state index in [1.54, 1.807) is 12.1 Å². The fourth-order valence-corrected chi connectivity index (χ4v) is 2.35.